The second-order valence-electron chi connectivity index (χ2n) is 12.5. The molecule has 3 heterocycles. The van der Waals surface area contributed by atoms with Crippen LogP contribution in [-0.4, -0.2) is 29.2 Å². The van der Waals surface area contributed by atoms with Crippen molar-refractivity contribution in [2.24, 2.45) is 29.6 Å². The summed E-state index contributed by atoms with van der Waals surface area (Å²) in [6.45, 7) is 0.200. The lowest BCUT2D eigenvalue weighted by Gasteiger charge is -2.43. The minimum absolute atomic E-state index is 0.00109. The van der Waals surface area contributed by atoms with Crippen molar-refractivity contribution in [3.63, 3.8) is 0 Å². The van der Waals surface area contributed by atoms with E-state index < -0.39 is 35.4 Å². The van der Waals surface area contributed by atoms with Gasteiger partial charge in [-0.15, -0.1) is 23.1 Å². The van der Waals surface area contributed by atoms with E-state index in [2.05, 4.69) is 4.98 Å². The van der Waals surface area contributed by atoms with Crippen LogP contribution in [0, 0.1) is 33.5 Å². The fourth-order valence-corrected chi connectivity index (χ4v) is 12.1. The van der Waals surface area contributed by atoms with Gasteiger partial charge >= 0.3 is 6.18 Å². The molecular formula is C34H25Cl2F3N2O4S3. The van der Waals surface area contributed by atoms with Crippen molar-refractivity contribution in [3.05, 3.63) is 96.2 Å². The molecule has 3 fully saturated rings. The van der Waals surface area contributed by atoms with Gasteiger partial charge in [0.15, 0.2) is 15.5 Å². The minimum atomic E-state index is -4.60. The normalized spacial score (nSPS) is 27.2. The number of hydrogen-bond donors (Lipinski definition) is 1. The first-order valence-electron chi connectivity index (χ1n) is 15.1. The minimum Gasteiger partial charge on any atom is -0.493 e. The first kappa shape index (κ1) is 32.2. The van der Waals surface area contributed by atoms with E-state index in [1.807, 2.05) is 18.2 Å². The Balaban J connectivity index is 1.14. The highest BCUT2D eigenvalue weighted by molar-refractivity contribution is 8.00. The number of carbonyl (C=O) groups excluding carboxylic acids is 2. The molecule has 2 amide bonds. The van der Waals surface area contributed by atoms with E-state index in [4.69, 9.17) is 44.9 Å². The molecule has 2 saturated carbocycles. The van der Waals surface area contributed by atoms with Crippen LogP contribution in [0.1, 0.15) is 33.9 Å². The van der Waals surface area contributed by atoms with Crippen LogP contribution in [0.15, 0.2) is 65.7 Å². The van der Waals surface area contributed by atoms with Gasteiger partial charge in [0, 0.05) is 31.7 Å². The fourth-order valence-electron chi connectivity index (χ4n) is 8.26. The molecule has 0 spiro atoms. The molecule has 2 bridgehead atoms. The highest BCUT2D eigenvalue weighted by Crippen LogP contribution is 2.69. The highest BCUT2D eigenvalue weighted by atomic mass is 35.5. The van der Waals surface area contributed by atoms with Crippen molar-refractivity contribution < 1.29 is 32.2 Å². The zero-order valence-electron chi connectivity index (χ0n) is 24.9. The molecule has 2 aliphatic carbocycles. The molecule has 4 aromatic rings. The maximum atomic E-state index is 14.0. The first-order valence-corrected chi connectivity index (χ1v) is 18.0. The fraction of sp³-hybridized carbons (Fsp3) is 0.324. The lowest BCUT2D eigenvalue weighted by Crippen LogP contribution is -2.42. The Morgan fingerprint density at radius 3 is 2.50 bits per heavy atom. The van der Waals surface area contributed by atoms with E-state index in [0.29, 0.717) is 31.9 Å². The third-order valence-corrected chi connectivity index (χ3v) is 13.6. The van der Waals surface area contributed by atoms with Crippen LogP contribution in [0.5, 0.6) is 11.5 Å². The van der Waals surface area contributed by atoms with Crippen LogP contribution in [-0.2, 0) is 22.4 Å². The quantitative estimate of drug-likeness (QED) is 0.157. The number of hydrogen-bond acceptors (Lipinski definition) is 7. The molecule has 6 nitrogen and oxygen atoms in total. The van der Waals surface area contributed by atoms with Crippen LogP contribution < -0.4 is 14.4 Å². The van der Waals surface area contributed by atoms with Gasteiger partial charge in [0.05, 0.1) is 35.2 Å². The Bertz CT molecular complexity index is 2050. The number of rotatable bonds is 6. The molecule has 48 heavy (non-hydrogen) atoms. The molecule has 0 radical (unpaired) electrons. The second-order valence-corrected chi connectivity index (χ2v) is 16.2. The number of imide groups is 1. The number of ether oxygens (including phenoxy) is 2. The number of nitrogens with zero attached hydrogens (tertiary/aromatic N) is 1. The average molecular weight is 750 g/mol. The summed E-state index contributed by atoms with van der Waals surface area (Å²) in [4.78, 5) is 33.3. The van der Waals surface area contributed by atoms with Crippen molar-refractivity contribution in [3.8, 4) is 11.5 Å². The molecule has 248 valence electrons. The Morgan fingerprint density at radius 2 is 1.77 bits per heavy atom. The van der Waals surface area contributed by atoms with E-state index in [9.17, 15) is 22.8 Å². The number of thiazole rings is 1. The molecule has 3 aromatic carbocycles. The number of benzene rings is 3. The number of anilines is 1. The van der Waals surface area contributed by atoms with Crippen molar-refractivity contribution in [1.82, 2.24) is 4.98 Å². The summed E-state index contributed by atoms with van der Waals surface area (Å²) in [7, 11) is 1.57. The van der Waals surface area contributed by atoms with Crippen LogP contribution in [0.3, 0.4) is 0 Å². The van der Waals surface area contributed by atoms with Crippen molar-refractivity contribution in [2.75, 3.05) is 12.0 Å². The molecule has 1 aromatic heterocycles. The van der Waals surface area contributed by atoms with E-state index in [1.165, 1.54) is 23.5 Å². The highest BCUT2D eigenvalue weighted by Gasteiger charge is 2.69. The molecular weight excluding hydrogens is 724 g/mol. The first-order chi connectivity index (χ1) is 22.9. The number of alkyl halides is 3. The number of fused-ring (bicyclic) bond motifs is 9. The van der Waals surface area contributed by atoms with Gasteiger partial charge in [0.1, 0.15) is 6.61 Å². The van der Waals surface area contributed by atoms with Gasteiger partial charge in [-0.05, 0) is 84.4 Å². The predicted octanol–water partition coefficient (Wildman–Crippen LogP) is 9.40. The number of nitrogens with one attached hydrogen (secondary N) is 1. The van der Waals surface area contributed by atoms with Crippen molar-refractivity contribution >= 4 is 76.0 Å². The summed E-state index contributed by atoms with van der Waals surface area (Å²) in [5.41, 5.74) is 0.787. The SMILES string of the molecule is COc1cc(C2c3sc(=S)[nH]c3SC3C4CC(C5C(=O)N(c6cccc(C(F)(F)F)c6)C(=O)C45)C23)ccc1OCc1ccc(Cl)cc1Cl. The predicted molar refractivity (Wildman–Crippen MR) is 181 cm³/mol. The smallest absolute Gasteiger partial charge is 0.416 e. The van der Waals surface area contributed by atoms with Gasteiger partial charge in [0.25, 0.3) is 0 Å². The molecule has 1 saturated heterocycles. The zero-order valence-corrected chi connectivity index (χ0v) is 28.9. The summed E-state index contributed by atoms with van der Waals surface area (Å²) in [6.07, 6.45) is -3.91. The maximum Gasteiger partial charge on any atom is 0.416 e. The number of carbonyl (C=O) groups is 2. The average Bonchev–Trinajstić information content (AvgIpc) is 3.79. The van der Waals surface area contributed by atoms with Gasteiger partial charge in [-0.3, -0.25) is 14.5 Å². The Hall–Kier alpha value is -3.03. The summed E-state index contributed by atoms with van der Waals surface area (Å²) >= 11 is 21.1. The summed E-state index contributed by atoms with van der Waals surface area (Å²) < 4.78 is 53.2. The van der Waals surface area contributed by atoms with E-state index in [1.54, 1.807) is 37.1 Å². The molecule has 14 heteroatoms. The monoisotopic (exact) mass is 748 g/mol. The Labute approximate surface area is 296 Å². The summed E-state index contributed by atoms with van der Waals surface area (Å²) in [6, 6.07) is 15.5. The van der Waals surface area contributed by atoms with Gasteiger partial charge in [-0.25, -0.2) is 0 Å². The lowest BCUT2D eigenvalue weighted by molar-refractivity contribution is -0.137. The molecule has 8 rings (SSSR count). The van der Waals surface area contributed by atoms with Crippen LogP contribution >= 0.6 is 58.5 Å². The molecule has 4 aliphatic rings. The van der Waals surface area contributed by atoms with Crippen LogP contribution in [0.2, 0.25) is 10.0 Å². The van der Waals surface area contributed by atoms with Crippen molar-refractivity contribution in [1.29, 1.82) is 0 Å². The molecule has 7 unspecified atom stereocenters. The van der Waals surface area contributed by atoms with Crippen molar-refractivity contribution in [2.45, 2.75) is 35.4 Å². The standard InChI is InChI=1S/C34H25Cl2F3N2O4S3/c1-44-23-9-14(6-8-22(23)45-13-15-5-7-17(35)11-21(15)36)24-25-19-12-20(28(25)47-30-29(24)48-33(46)40-30)27-26(19)31(42)41(32(27)43)18-4-2-3-16(10-18)34(37,38)39/h2-11,19-20,24-28H,12-13H2,1H3,(H,40,46). The molecule has 1 N–H and O–H groups in total. The van der Waals surface area contributed by atoms with Gasteiger partial charge in [-0.1, -0.05) is 41.4 Å². The van der Waals surface area contributed by atoms with Gasteiger partial charge < -0.3 is 14.5 Å². The van der Waals surface area contributed by atoms with Gasteiger partial charge in [0.2, 0.25) is 11.8 Å². The number of aromatic nitrogens is 1. The number of H-pyrrole nitrogens is 1. The van der Waals surface area contributed by atoms with Crippen LogP contribution in [0.25, 0.3) is 0 Å². The third kappa shape index (κ3) is 5.09. The van der Waals surface area contributed by atoms with E-state index >= 15 is 0 Å². The number of methoxy groups -OCH3 is 1. The molecule has 2 aliphatic heterocycles. The summed E-state index contributed by atoms with van der Waals surface area (Å²) in [5, 5.41) is 1.97. The third-order valence-electron chi connectivity index (χ3n) is 10.1. The van der Waals surface area contributed by atoms with Crippen LogP contribution in [0.4, 0.5) is 18.9 Å². The zero-order chi connectivity index (χ0) is 33.6. The van der Waals surface area contributed by atoms with E-state index in [0.717, 1.165) is 38.1 Å². The molecule has 7 atom stereocenters. The second kappa shape index (κ2) is 11.8. The van der Waals surface area contributed by atoms with E-state index in [-0.39, 0.29) is 41.2 Å². The lowest BCUT2D eigenvalue weighted by atomic mass is 9.68. The topological polar surface area (TPSA) is 71.6 Å². The Morgan fingerprint density at radius 1 is 1.00 bits per heavy atom. The van der Waals surface area contributed by atoms with Gasteiger partial charge in [-0.2, -0.15) is 13.2 Å². The Kier molecular flexibility index (Phi) is 7.91. The number of aromatic amines is 1. The number of halogens is 5. The summed E-state index contributed by atoms with van der Waals surface area (Å²) in [5.74, 6) is -1.41. The maximum absolute atomic E-state index is 14.0. The number of thioether (sulfide) groups is 1. The largest absolute Gasteiger partial charge is 0.493 e. The number of amides is 2.